The van der Waals surface area contributed by atoms with Crippen molar-refractivity contribution >= 4 is 37.1 Å². The summed E-state index contributed by atoms with van der Waals surface area (Å²) in [5.74, 6) is -0.954. The van der Waals surface area contributed by atoms with Crippen LogP contribution < -0.4 is 20.7 Å². The van der Waals surface area contributed by atoms with Crippen LogP contribution in [0.15, 0.2) is 48.9 Å². The molecule has 0 saturated heterocycles. The van der Waals surface area contributed by atoms with Crippen molar-refractivity contribution in [3.8, 4) is 16.9 Å². The Balaban J connectivity index is 1.71. The largest absolute Gasteiger partial charge is 0.512 e. The zero-order valence-corrected chi connectivity index (χ0v) is 26.5. The molecule has 4 aromatic rings. The fourth-order valence-corrected chi connectivity index (χ4v) is 5.55. The first-order valence-electron chi connectivity index (χ1n) is 14.2. The highest BCUT2D eigenvalue weighted by atomic mass is 31.1. The molecule has 4 rings (SSSR count). The van der Waals surface area contributed by atoms with E-state index in [2.05, 4.69) is 31.0 Å². The second-order valence-electron chi connectivity index (χ2n) is 9.96. The number of aromatic nitrogens is 4. The topological polar surface area (TPSA) is 153 Å². The third kappa shape index (κ3) is 8.16. The van der Waals surface area contributed by atoms with Gasteiger partial charge in [-0.05, 0) is 54.2 Å². The van der Waals surface area contributed by atoms with Gasteiger partial charge in [-0.15, -0.1) is 4.52 Å². The quantitative estimate of drug-likeness (QED) is 0.115. The number of carbonyl (C=O) groups is 1. The highest BCUT2D eigenvalue weighted by Gasteiger charge is 2.36. The summed E-state index contributed by atoms with van der Waals surface area (Å²) in [6.07, 6.45) is -0.121. The van der Waals surface area contributed by atoms with Crippen molar-refractivity contribution in [1.82, 2.24) is 25.1 Å². The number of aryl methyl sites for hydroxylation is 1. The van der Waals surface area contributed by atoms with E-state index in [9.17, 15) is 22.5 Å². The Morgan fingerprint density at radius 2 is 1.89 bits per heavy atom. The van der Waals surface area contributed by atoms with E-state index >= 15 is 0 Å². The molecule has 2 aromatic carbocycles. The van der Waals surface area contributed by atoms with E-state index in [1.54, 1.807) is 55.2 Å². The van der Waals surface area contributed by atoms with E-state index < -0.39 is 31.5 Å². The molecule has 0 aliphatic heterocycles. The first kappa shape index (κ1) is 34.3. The van der Waals surface area contributed by atoms with Crippen molar-refractivity contribution in [3.05, 3.63) is 71.2 Å². The van der Waals surface area contributed by atoms with Crippen LogP contribution in [0, 0.1) is 6.92 Å². The number of hydrogen-bond acceptors (Lipinski definition) is 10. The molecule has 12 nitrogen and oxygen atoms in total. The summed E-state index contributed by atoms with van der Waals surface area (Å²) in [5, 5.41) is 21.5. The molecule has 2 aromatic heterocycles. The Morgan fingerprint density at radius 3 is 2.57 bits per heavy atom. The summed E-state index contributed by atoms with van der Waals surface area (Å²) < 4.78 is 66.6. The Hall–Kier alpha value is -4.59. The van der Waals surface area contributed by atoms with Crippen LogP contribution in [0.1, 0.15) is 40.4 Å². The van der Waals surface area contributed by atoms with Crippen LogP contribution in [0.5, 0.6) is 5.75 Å². The van der Waals surface area contributed by atoms with E-state index in [0.717, 1.165) is 0 Å². The van der Waals surface area contributed by atoms with Crippen LogP contribution >= 0.6 is 8.03 Å². The first-order valence-corrected chi connectivity index (χ1v) is 15.6. The van der Waals surface area contributed by atoms with Gasteiger partial charge >= 0.3 is 14.2 Å². The van der Waals surface area contributed by atoms with Crippen molar-refractivity contribution in [1.29, 1.82) is 0 Å². The van der Waals surface area contributed by atoms with Gasteiger partial charge in [0.05, 0.1) is 36.9 Å². The third-order valence-electron chi connectivity index (χ3n) is 6.85. The van der Waals surface area contributed by atoms with Crippen LogP contribution in [0.2, 0.25) is 0 Å². The minimum Gasteiger partial charge on any atom is -0.495 e. The summed E-state index contributed by atoms with van der Waals surface area (Å²) in [6, 6.07) is 8.10. The molecule has 244 valence electrons. The van der Waals surface area contributed by atoms with E-state index in [1.165, 1.54) is 20.2 Å². The van der Waals surface area contributed by atoms with Crippen molar-refractivity contribution < 1.29 is 36.9 Å². The monoisotopic (exact) mass is 660 g/mol. The Bertz CT molecular complexity index is 1710. The molecule has 1 unspecified atom stereocenters. The van der Waals surface area contributed by atoms with Crippen molar-refractivity contribution in [2.45, 2.75) is 39.2 Å². The molecule has 0 saturated carbocycles. The number of anilines is 4. The highest BCUT2D eigenvalue weighted by Crippen LogP contribution is 2.39. The molecule has 0 aliphatic carbocycles. The lowest BCUT2D eigenvalue weighted by atomic mass is 9.96. The zero-order valence-electron chi connectivity index (χ0n) is 25.6. The second kappa shape index (κ2) is 15.1. The molecule has 0 fully saturated rings. The molecule has 2 heterocycles. The minimum atomic E-state index is -4.82. The lowest BCUT2D eigenvalue weighted by Crippen LogP contribution is -2.21. The van der Waals surface area contributed by atoms with E-state index in [-0.39, 0.29) is 30.0 Å². The fraction of sp³-hybridized carbons (Fsp3) is 0.333. The highest BCUT2D eigenvalue weighted by molar-refractivity contribution is 7.38. The molecule has 1 atom stereocenters. The number of rotatable bonds is 14. The standard InChI is InChI=1S/C30H33F3N7O5P/c1-5-45-46(43)17-19-7-9-23(25(13-19)44-4)38-29-35-15-22(30(31,32)33)27(39-29)37-24-10-8-21(18(2)26(24)28(42)34-3)20-14-36-40(16-20)11-6-12-41/h7-10,13-16,41H,5-6,11-12,17H2,1-4H3,(H2-,34,35,37,38,39,42)/p+1. The van der Waals surface area contributed by atoms with Gasteiger partial charge in [0, 0.05) is 43.7 Å². The van der Waals surface area contributed by atoms with Gasteiger partial charge in [-0.2, -0.15) is 23.3 Å². The smallest absolute Gasteiger partial charge is 0.495 e. The van der Waals surface area contributed by atoms with Gasteiger partial charge in [-0.1, -0.05) is 12.1 Å². The second-order valence-corrected chi connectivity index (χ2v) is 11.2. The van der Waals surface area contributed by atoms with Gasteiger partial charge in [0.2, 0.25) is 12.1 Å². The molecule has 0 aliphatic rings. The van der Waals surface area contributed by atoms with E-state index in [1.807, 2.05) is 0 Å². The number of methoxy groups -OCH3 is 1. The molecular weight excluding hydrogens is 626 g/mol. The average molecular weight is 661 g/mol. The summed E-state index contributed by atoms with van der Waals surface area (Å²) in [5.41, 5.74) is 1.95. The molecule has 1 amide bonds. The van der Waals surface area contributed by atoms with E-state index in [0.29, 0.717) is 59.5 Å². The summed E-state index contributed by atoms with van der Waals surface area (Å²) in [6.45, 7) is 4.23. The van der Waals surface area contributed by atoms with Gasteiger partial charge in [0.15, 0.2) is 0 Å². The SMILES string of the molecule is CCO[P+](=O)Cc1ccc(Nc2ncc(C(F)(F)F)c(Nc3ccc(-c4cnn(CCCO)c4)c(C)c3C(=O)NC)n2)c(OC)c1. The molecule has 16 heteroatoms. The molecule has 4 N–H and O–H groups in total. The van der Waals surface area contributed by atoms with Crippen LogP contribution in [0.4, 0.5) is 36.3 Å². The van der Waals surface area contributed by atoms with Gasteiger partial charge in [-0.3, -0.25) is 9.48 Å². The molecule has 0 radical (unpaired) electrons. The number of hydrogen-bond donors (Lipinski definition) is 4. The van der Waals surface area contributed by atoms with Gasteiger partial charge in [0.1, 0.15) is 17.1 Å². The Kier molecular flexibility index (Phi) is 11.3. The normalized spacial score (nSPS) is 11.7. The number of ether oxygens (including phenoxy) is 1. The Morgan fingerprint density at radius 1 is 1.13 bits per heavy atom. The zero-order chi connectivity index (χ0) is 33.4. The van der Waals surface area contributed by atoms with Gasteiger partial charge in [0.25, 0.3) is 5.91 Å². The van der Waals surface area contributed by atoms with Crippen LogP contribution in [0.3, 0.4) is 0 Å². The van der Waals surface area contributed by atoms with Crippen LogP contribution in [-0.2, 0) is 28.0 Å². The number of aliphatic hydroxyl groups excluding tert-OH is 1. The summed E-state index contributed by atoms with van der Waals surface area (Å²) in [7, 11) is 0.929. The predicted octanol–water partition coefficient (Wildman–Crippen LogP) is 6.18. The number of alkyl halides is 3. The number of nitrogens with one attached hydrogen (secondary N) is 3. The predicted molar refractivity (Wildman–Crippen MR) is 167 cm³/mol. The average Bonchev–Trinajstić information content (AvgIpc) is 3.49. The number of nitrogens with zero attached hydrogens (tertiary/aromatic N) is 4. The first-order chi connectivity index (χ1) is 22.0. The van der Waals surface area contributed by atoms with Crippen molar-refractivity contribution in [2.24, 2.45) is 0 Å². The third-order valence-corrected chi connectivity index (χ3v) is 8.02. The van der Waals surface area contributed by atoms with Crippen LogP contribution in [-0.4, -0.2) is 58.1 Å². The van der Waals surface area contributed by atoms with Gasteiger partial charge < -0.3 is 25.8 Å². The maximum Gasteiger partial charge on any atom is 0.512 e. The molecule has 46 heavy (non-hydrogen) atoms. The lowest BCUT2D eigenvalue weighted by Gasteiger charge is -2.19. The number of halogens is 3. The number of benzene rings is 2. The summed E-state index contributed by atoms with van der Waals surface area (Å²) >= 11 is 0. The minimum absolute atomic E-state index is 0.00784. The van der Waals surface area contributed by atoms with E-state index in [4.69, 9.17) is 14.4 Å². The molecular formula is C30H34F3N7O5P+. The number of carbonyl (C=O) groups excluding carboxylic acids is 1. The summed E-state index contributed by atoms with van der Waals surface area (Å²) in [4.78, 5) is 21.1. The maximum atomic E-state index is 14.1. The molecule has 0 spiro atoms. The van der Waals surface area contributed by atoms with Crippen molar-refractivity contribution in [3.63, 3.8) is 0 Å². The molecule has 0 bridgehead atoms. The lowest BCUT2D eigenvalue weighted by molar-refractivity contribution is -0.137. The van der Waals surface area contributed by atoms with Crippen LogP contribution in [0.25, 0.3) is 11.1 Å². The maximum absolute atomic E-state index is 14.1. The Labute approximate surface area is 264 Å². The van der Waals surface area contributed by atoms with Crippen molar-refractivity contribution in [2.75, 3.05) is 38.0 Å². The van der Waals surface area contributed by atoms with Gasteiger partial charge in [-0.25, -0.2) is 4.98 Å². The fourth-order valence-electron chi connectivity index (χ4n) is 4.67. The number of aliphatic hydroxyl groups is 1. The number of amides is 1.